The van der Waals surface area contributed by atoms with Gasteiger partial charge in [0.05, 0.1) is 7.11 Å². The average Bonchev–Trinajstić information content (AvgIpc) is 2.19. The lowest BCUT2D eigenvalue weighted by atomic mass is 10.1. The highest BCUT2D eigenvalue weighted by Gasteiger charge is 1.94. The van der Waals surface area contributed by atoms with Crippen molar-refractivity contribution in [2.45, 2.75) is 6.42 Å². The van der Waals surface area contributed by atoms with E-state index in [1.165, 1.54) is 5.56 Å². The molecule has 0 fully saturated rings. The van der Waals surface area contributed by atoms with Crippen LogP contribution in [0, 0.1) is 0 Å². The van der Waals surface area contributed by atoms with Crippen LogP contribution in [0.5, 0.6) is 5.75 Å². The van der Waals surface area contributed by atoms with Crippen LogP contribution in [-0.2, 0) is 6.42 Å². The summed E-state index contributed by atoms with van der Waals surface area (Å²) >= 11 is 0. The quantitative estimate of drug-likeness (QED) is 0.638. The molecule has 0 radical (unpaired) electrons. The number of allylic oxidation sites excluding steroid dienone is 2. The molecule has 0 spiro atoms. The van der Waals surface area contributed by atoms with Crippen molar-refractivity contribution in [3.63, 3.8) is 0 Å². The Hall–Kier alpha value is -1.50. The first-order valence-electron chi connectivity index (χ1n) is 4.19. The van der Waals surface area contributed by atoms with Crippen molar-refractivity contribution in [1.82, 2.24) is 0 Å². The molecule has 0 aliphatic carbocycles. The summed E-state index contributed by atoms with van der Waals surface area (Å²) in [6.07, 6.45) is 2.64. The molecule has 68 valence electrons. The monoisotopic (exact) mass is 174 g/mol. The number of methoxy groups -OCH3 is 1. The normalized spacial score (nSPS) is 9.31. The Kier molecular flexibility index (Phi) is 3.32. The SMILES string of the molecule is C=CC(=C)Cc1ccc(OC)cc1. The lowest BCUT2D eigenvalue weighted by Crippen LogP contribution is -1.87. The maximum atomic E-state index is 5.06. The van der Waals surface area contributed by atoms with Crippen LogP contribution in [0.25, 0.3) is 0 Å². The number of ether oxygens (including phenoxy) is 1. The van der Waals surface area contributed by atoms with Gasteiger partial charge in [0.25, 0.3) is 0 Å². The molecule has 0 aromatic heterocycles. The fraction of sp³-hybridized carbons (Fsp3) is 0.167. The lowest BCUT2D eigenvalue weighted by Gasteiger charge is -2.02. The van der Waals surface area contributed by atoms with Gasteiger partial charge in [0, 0.05) is 0 Å². The van der Waals surface area contributed by atoms with Gasteiger partial charge in [-0.05, 0) is 24.1 Å². The van der Waals surface area contributed by atoms with Gasteiger partial charge in [0.15, 0.2) is 0 Å². The molecule has 0 aliphatic rings. The number of hydrogen-bond donors (Lipinski definition) is 0. The van der Waals surface area contributed by atoms with Crippen LogP contribution in [0.4, 0.5) is 0 Å². The van der Waals surface area contributed by atoms with E-state index in [9.17, 15) is 0 Å². The summed E-state index contributed by atoms with van der Waals surface area (Å²) in [5, 5.41) is 0. The Balaban J connectivity index is 2.69. The Bertz CT molecular complexity index is 295. The Morgan fingerprint density at radius 2 is 2.00 bits per heavy atom. The van der Waals surface area contributed by atoms with Crippen LogP contribution in [0.1, 0.15) is 5.56 Å². The van der Waals surface area contributed by atoms with E-state index >= 15 is 0 Å². The van der Waals surface area contributed by atoms with Crippen molar-refractivity contribution < 1.29 is 4.74 Å². The second kappa shape index (κ2) is 4.51. The molecule has 1 aromatic rings. The maximum absolute atomic E-state index is 5.06. The molecule has 1 nitrogen and oxygen atoms in total. The predicted molar refractivity (Wildman–Crippen MR) is 56.0 cm³/mol. The van der Waals surface area contributed by atoms with E-state index in [1.54, 1.807) is 13.2 Å². The van der Waals surface area contributed by atoms with Gasteiger partial charge in [-0.25, -0.2) is 0 Å². The molecule has 1 rings (SSSR count). The number of hydrogen-bond acceptors (Lipinski definition) is 1. The third-order valence-corrected chi connectivity index (χ3v) is 1.88. The molecule has 0 aliphatic heterocycles. The van der Waals surface area contributed by atoms with Crippen LogP contribution in [0.2, 0.25) is 0 Å². The van der Waals surface area contributed by atoms with Crippen molar-refractivity contribution in [1.29, 1.82) is 0 Å². The summed E-state index contributed by atoms with van der Waals surface area (Å²) in [6.45, 7) is 7.53. The summed E-state index contributed by atoms with van der Waals surface area (Å²) in [5.41, 5.74) is 2.26. The van der Waals surface area contributed by atoms with E-state index in [-0.39, 0.29) is 0 Å². The van der Waals surface area contributed by atoms with Crippen LogP contribution < -0.4 is 4.74 Å². The van der Waals surface area contributed by atoms with Crippen molar-refractivity contribution >= 4 is 0 Å². The summed E-state index contributed by atoms with van der Waals surface area (Å²) < 4.78 is 5.06. The second-order valence-electron chi connectivity index (χ2n) is 2.89. The van der Waals surface area contributed by atoms with Crippen LogP contribution >= 0.6 is 0 Å². The third-order valence-electron chi connectivity index (χ3n) is 1.88. The molecular weight excluding hydrogens is 160 g/mol. The minimum atomic E-state index is 0.855. The number of rotatable bonds is 4. The molecule has 1 heteroatoms. The predicted octanol–water partition coefficient (Wildman–Crippen LogP) is 2.98. The van der Waals surface area contributed by atoms with Crippen LogP contribution in [0.3, 0.4) is 0 Å². The van der Waals surface area contributed by atoms with Crippen molar-refractivity contribution in [2.75, 3.05) is 7.11 Å². The fourth-order valence-corrected chi connectivity index (χ4v) is 1.08. The molecular formula is C12H14O. The minimum absolute atomic E-state index is 0.855. The summed E-state index contributed by atoms with van der Waals surface area (Å²) in [5.74, 6) is 0.882. The first kappa shape index (κ1) is 9.59. The van der Waals surface area contributed by atoms with Gasteiger partial charge in [-0.2, -0.15) is 0 Å². The van der Waals surface area contributed by atoms with E-state index in [4.69, 9.17) is 4.74 Å². The molecule has 0 saturated heterocycles. The molecule has 0 amide bonds. The van der Waals surface area contributed by atoms with Gasteiger partial charge >= 0.3 is 0 Å². The van der Waals surface area contributed by atoms with E-state index in [1.807, 2.05) is 24.3 Å². The van der Waals surface area contributed by atoms with Crippen molar-refractivity contribution in [3.05, 3.63) is 54.6 Å². The molecule has 0 bridgehead atoms. The van der Waals surface area contributed by atoms with Gasteiger partial charge in [0.1, 0.15) is 5.75 Å². The van der Waals surface area contributed by atoms with Gasteiger partial charge in [-0.15, -0.1) is 0 Å². The summed E-state index contributed by atoms with van der Waals surface area (Å²) in [6, 6.07) is 7.97. The molecule has 0 atom stereocenters. The highest BCUT2D eigenvalue weighted by molar-refractivity contribution is 5.31. The van der Waals surface area contributed by atoms with Gasteiger partial charge in [-0.3, -0.25) is 0 Å². The molecule has 0 unspecified atom stereocenters. The third kappa shape index (κ3) is 2.79. The van der Waals surface area contributed by atoms with Crippen LogP contribution in [0.15, 0.2) is 49.1 Å². The average molecular weight is 174 g/mol. The first-order valence-corrected chi connectivity index (χ1v) is 4.19. The zero-order valence-corrected chi connectivity index (χ0v) is 7.92. The Morgan fingerprint density at radius 3 is 2.46 bits per heavy atom. The van der Waals surface area contributed by atoms with Gasteiger partial charge < -0.3 is 4.74 Å². The molecule has 1 aromatic carbocycles. The highest BCUT2D eigenvalue weighted by Crippen LogP contribution is 2.13. The van der Waals surface area contributed by atoms with Gasteiger partial charge in [-0.1, -0.05) is 36.9 Å². The Labute approximate surface area is 79.4 Å². The standard InChI is InChI=1S/C12H14O/c1-4-10(2)9-11-5-7-12(13-3)8-6-11/h4-8H,1-2,9H2,3H3. The van der Waals surface area contributed by atoms with Crippen molar-refractivity contribution in [3.8, 4) is 5.75 Å². The molecule has 0 saturated carbocycles. The van der Waals surface area contributed by atoms with E-state index in [2.05, 4.69) is 13.2 Å². The van der Waals surface area contributed by atoms with Gasteiger partial charge in [0.2, 0.25) is 0 Å². The van der Waals surface area contributed by atoms with Crippen molar-refractivity contribution in [2.24, 2.45) is 0 Å². The fourth-order valence-electron chi connectivity index (χ4n) is 1.08. The summed E-state index contributed by atoms with van der Waals surface area (Å²) in [4.78, 5) is 0. The maximum Gasteiger partial charge on any atom is 0.118 e. The first-order chi connectivity index (χ1) is 6.26. The zero-order chi connectivity index (χ0) is 9.68. The smallest absolute Gasteiger partial charge is 0.118 e. The molecule has 0 N–H and O–H groups in total. The zero-order valence-electron chi connectivity index (χ0n) is 7.92. The lowest BCUT2D eigenvalue weighted by molar-refractivity contribution is 0.414. The topological polar surface area (TPSA) is 9.23 Å². The van der Waals surface area contributed by atoms with E-state index in [0.29, 0.717) is 0 Å². The largest absolute Gasteiger partial charge is 0.497 e. The second-order valence-corrected chi connectivity index (χ2v) is 2.89. The number of benzene rings is 1. The summed E-state index contributed by atoms with van der Waals surface area (Å²) in [7, 11) is 1.66. The van der Waals surface area contributed by atoms with Crippen LogP contribution in [-0.4, -0.2) is 7.11 Å². The van der Waals surface area contributed by atoms with E-state index < -0.39 is 0 Å². The molecule has 0 heterocycles. The minimum Gasteiger partial charge on any atom is -0.497 e. The highest BCUT2D eigenvalue weighted by atomic mass is 16.5. The Morgan fingerprint density at radius 1 is 1.38 bits per heavy atom. The van der Waals surface area contributed by atoms with E-state index in [0.717, 1.165) is 17.7 Å². The molecule has 13 heavy (non-hydrogen) atoms.